The standard InChI is InChI=1S/C6H11NO2/c1-3-9-6(8)5-4-7(5)2/h5H,3-4H2,1-2H3/p+1/t5-,7?/m1/s1. The summed E-state index contributed by atoms with van der Waals surface area (Å²) in [5.41, 5.74) is 0. The Hall–Kier alpha value is -0.570. The molecule has 1 saturated heterocycles. The SMILES string of the molecule is CCOC(=O)[C@H]1C[NH+]1C. The van der Waals surface area contributed by atoms with Crippen molar-refractivity contribution in [3.05, 3.63) is 0 Å². The number of hydrogen-bond acceptors (Lipinski definition) is 2. The molecule has 9 heavy (non-hydrogen) atoms. The van der Waals surface area contributed by atoms with Crippen molar-refractivity contribution < 1.29 is 14.4 Å². The van der Waals surface area contributed by atoms with Crippen LogP contribution >= 0.6 is 0 Å². The van der Waals surface area contributed by atoms with E-state index in [9.17, 15) is 4.79 Å². The first-order chi connectivity index (χ1) is 4.25. The minimum Gasteiger partial charge on any atom is -0.461 e. The van der Waals surface area contributed by atoms with Gasteiger partial charge in [-0.25, -0.2) is 4.79 Å². The van der Waals surface area contributed by atoms with Crippen LogP contribution in [0.4, 0.5) is 0 Å². The monoisotopic (exact) mass is 130 g/mol. The molecule has 1 aliphatic heterocycles. The second kappa shape index (κ2) is 2.35. The van der Waals surface area contributed by atoms with Crippen LogP contribution in [0.2, 0.25) is 0 Å². The van der Waals surface area contributed by atoms with Gasteiger partial charge in [0, 0.05) is 0 Å². The summed E-state index contributed by atoms with van der Waals surface area (Å²) in [6.07, 6.45) is 0. The van der Waals surface area contributed by atoms with Crippen molar-refractivity contribution >= 4 is 5.97 Å². The highest BCUT2D eigenvalue weighted by Gasteiger charge is 2.44. The van der Waals surface area contributed by atoms with Crippen molar-refractivity contribution in [2.45, 2.75) is 13.0 Å². The van der Waals surface area contributed by atoms with Gasteiger partial charge in [-0.05, 0) is 6.92 Å². The third kappa shape index (κ3) is 1.42. The number of carbonyl (C=O) groups is 1. The maximum atomic E-state index is 10.8. The minimum absolute atomic E-state index is 0.0463. The fourth-order valence-electron chi connectivity index (χ4n) is 0.790. The van der Waals surface area contributed by atoms with Gasteiger partial charge in [0.2, 0.25) is 6.04 Å². The third-order valence-electron chi connectivity index (χ3n) is 1.53. The van der Waals surface area contributed by atoms with E-state index in [0.717, 1.165) is 6.54 Å². The van der Waals surface area contributed by atoms with Gasteiger partial charge in [0.25, 0.3) is 0 Å². The Morgan fingerprint density at radius 3 is 2.78 bits per heavy atom. The van der Waals surface area contributed by atoms with E-state index in [1.807, 2.05) is 14.0 Å². The van der Waals surface area contributed by atoms with Gasteiger partial charge in [0.15, 0.2) is 0 Å². The van der Waals surface area contributed by atoms with Crippen LogP contribution in [0.15, 0.2) is 0 Å². The molecule has 0 spiro atoms. The van der Waals surface area contributed by atoms with Gasteiger partial charge in [0.05, 0.1) is 13.7 Å². The number of rotatable bonds is 2. The summed E-state index contributed by atoms with van der Waals surface area (Å²) in [7, 11) is 1.99. The topological polar surface area (TPSA) is 30.7 Å². The van der Waals surface area contributed by atoms with E-state index < -0.39 is 0 Å². The highest BCUT2D eigenvalue weighted by atomic mass is 16.5. The number of esters is 1. The molecule has 1 rings (SSSR count). The van der Waals surface area contributed by atoms with E-state index in [4.69, 9.17) is 4.74 Å². The Morgan fingerprint density at radius 2 is 2.44 bits per heavy atom. The normalized spacial score (nSPS) is 31.8. The summed E-state index contributed by atoms with van der Waals surface area (Å²) < 4.78 is 4.78. The van der Waals surface area contributed by atoms with Crippen LogP contribution in [0.25, 0.3) is 0 Å². The number of nitrogens with one attached hydrogen (secondary N) is 1. The molecule has 0 aromatic rings. The molecule has 52 valence electrons. The lowest BCUT2D eigenvalue weighted by molar-refractivity contribution is -0.744. The molecule has 3 heteroatoms. The predicted octanol–water partition coefficient (Wildman–Crippen LogP) is -1.55. The molecule has 0 aromatic heterocycles. The first-order valence-corrected chi connectivity index (χ1v) is 3.24. The predicted molar refractivity (Wildman–Crippen MR) is 32.2 cm³/mol. The van der Waals surface area contributed by atoms with Gasteiger partial charge < -0.3 is 9.64 Å². The summed E-state index contributed by atoms with van der Waals surface area (Å²) in [5.74, 6) is -0.0463. The molecule has 1 N–H and O–H groups in total. The Labute approximate surface area is 54.6 Å². The molecule has 0 aromatic carbocycles. The molecule has 0 aliphatic carbocycles. The first-order valence-electron chi connectivity index (χ1n) is 3.24. The fraction of sp³-hybridized carbons (Fsp3) is 0.833. The molecule has 1 unspecified atom stereocenters. The molecule has 1 heterocycles. The van der Waals surface area contributed by atoms with Crippen LogP contribution < -0.4 is 4.90 Å². The number of carbonyl (C=O) groups excluding carboxylic acids is 1. The lowest BCUT2D eigenvalue weighted by Crippen LogP contribution is -2.91. The fourth-order valence-corrected chi connectivity index (χ4v) is 0.790. The molecule has 1 aliphatic rings. The van der Waals surface area contributed by atoms with Crippen LogP contribution in [-0.2, 0) is 9.53 Å². The summed E-state index contributed by atoms with van der Waals surface area (Å²) >= 11 is 0. The van der Waals surface area contributed by atoms with E-state index in [-0.39, 0.29) is 12.0 Å². The van der Waals surface area contributed by atoms with Gasteiger partial charge in [-0.1, -0.05) is 0 Å². The summed E-state index contributed by atoms with van der Waals surface area (Å²) in [4.78, 5) is 12.0. The average Bonchev–Trinajstić information content (AvgIpc) is 2.47. The van der Waals surface area contributed by atoms with E-state index in [1.165, 1.54) is 4.90 Å². The zero-order chi connectivity index (χ0) is 6.85. The van der Waals surface area contributed by atoms with Crippen LogP contribution in [0, 0.1) is 0 Å². The van der Waals surface area contributed by atoms with E-state index in [1.54, 1.807) is 0 Å². The summed E-state index contributed by atoms with van der Waals surface area (Å²) in [6, 6.07) is 0.143. The smallest absolute Gasteiger partial charge is 0.370 e. The highest BCUT2D eigenvalue weighted by Crippen LogP contribution is 1.90. The molecular formula is C6H12NO2+. The van der Waals surface area contributed by atoms with E-state index in [2.05, 4.69) is 0 Å². The lowest BCUT2D eigenvalue weighted by Gasteiger charge is -1.94. The third-order valence-corrected chi connectivity index (χ3v) is 1.53. The highest BCUT2D eigenvalue weighted by molar-refractivity contribution is 5.76. The number of likely N-dealkylation sites (N-methyl/N-ethyl adjacent to an activating group) is 1. The first kappa shape index (κ1) is 6.55. The Kier molecular flexibility index (Phi) is 1.71. The van der Waals surface area contributed by atoms with Crippen LogP contribution in [-0.4, -0.2) is 32.2 Å². The second-order valence-electron chi connectivity index (χ2n) is 2.36. The van der Waals surface area contributed by atoms with Gasteiger partial charge in [-0.3, -0.25) is 0 Å². The summed E-state index contributed by atoms with van der Waals surface area (Å²) in [5, 5.41) is 0. The van der Waals surface area contributed by atoms with Crippen LogP contribution in [0.1, 0.15) is 6.92 Å². The number of hydrogen-bond donors (Lipinski definition) is 1. The number of quaternary nitrogens is 1. The molecule has 2 atom stereocenters. The van der Waals surface area contributed by atoms with Crippen molar-refractivity contribution in [3.63, 3.8) is 0 Å². The molecular weight excluding hydrogens is 118 g/mol. The van der Waals surface area contributed by atoms with Crippen molar-refractivity contribution in [2.24, 2.45) is 0 Å². The molecule has 0 saturated carbocycles. The van der Waals surface area contributed by atoms with Gasteiger partial charge in [0.1, 0.15) is 6.54 Å². The largest absolute Gasteiger partial charge is 0.461 e. The minimum atomic E-state index is -0.0463. The van der Waals surface area contributed by atoms with Crippen LogP contribution in [0.5, 0.6) is 0 Å². The molecule has 0 radical (unpaired) electrons. The van der Waals surface area contributed by atoms with E-state index >= 15 is 0 Å². The van der Waals surface area contributed by atoms with Crippen molar-refractivity contribution in [1.29, 1.82) is 0 Å². The van der Waals surface area contributed by atoms with E-state index in [0.29, 0.717) is 6.61 Å². The van der Waals surface area contributed by atoms with Crippen molar-refractivity contribution in [1.82, 2.24) is 0 Å². The van der Waals surface area contributed by atoms with Crippen molar-refractivity contribution in [2.75, 3.05) is 20.2 Å². The van der Waals surface area contributed by atoms with Gasteiger partial charge in [-0.15, -0.1) is 0 Å². The zero-order valence-electron chi connectivity index (χ0n) is 5.81. The molecule has 0 amide bonds. The van der Waals surface area contributed by atoms with Crippen molar-refractivity contribution in [3.8, 4) is 0 Å². The Balaban J connectivity index is 2.20. The van der Waals surface area contributed by atoms with Gasteiger partial charge in [-0.2, -0.15) is 0 Å². The molecule has 1 fully saturated rings. The number of ether oxygens (including phenoxy) is 1. The Bertz CT molecular complexity index is 124. The van der Waals surface area contributed by atoms with Crippen LogP contribution in [0.3, 0.4) is 0 Å². The molecule has 3 nitrogen and oxygen atoms in total. The lowest BCUT2D eigenvalue weighted by atomic mass is 10.5. The maximum absolute atomic E-state index is 10.8. The maximum Gasteiger partial charge on any atom is 0.370 e. The Morgan fingerprint density at radius 1 is 1.89 bits per heavy atom. The average molecular weight is 130 g/mol. The van der Waals surface area contributed by atoms with Gasteiger partial charge >= 0.3 is 5.97 Å². The quantitative estimate of drug-likeness (QED) is 0.362. The molecule has 0 bridgehead atoms. The second-order valence-corrected chi connectivity index (χ2v) is 2.36. The summed E-state index contributed by atoms with van der Waals surface area (Å²) in [6.45, 7) is 3.27. The zero-order valence-corrected chi connectivity index (χ0v) is 5.81.